The van der Waals surface area contributed by atoms with Gasteiger partial charge in [0.25, 0.3) is 0 Å². The van der Waals surface area contributed by atoms with Gasteiger partial charge in [-0.2, -0.15) is 4.98 Å². The molecule has 1 aromatic heterocycles. The number of aromatic nitrogens is 2. The molecule has 0 bridgehead atoms. The third-order valence-electron chi connectivity index (χ3n) is 3.63. The maximum atomic E-state index is 8.93. The van der Waals surface area contributed by atoms with E-state index < -0.39 is 0 Å². The molecule has 1 aromatic rings. The van der Waals surface area contributed by atoms with Crippen LogP contribution in [0.2, 0.25) is 0 Å². The molecule has 108 valence electrons. The van der Waals surface area contributed by atoms with Crippen molar-refractivity contribution in [2.75, 3.05) is 13.2 Å². The minimum Gasteiger partial charge on any atom is -0.396 e. The number of rotatable bonds is 7. The third kappa shape index (κ3) is 4.28. The average Bonchev–Trinajstić information content (AvgIpc) is 2.96. The summed E-state index contributed by atoms with van der Waals surface area (Å²) in [6, 6.07) is 0.569. The van der Waals surface area contributed by atoms with Crippen molar-refractivity contribution in [3.05, 3.63) is 11.7 Å². The molecule has 1 N–H and O–H groups in total. The van der Waals surface area contributed by atoms with Crippen LogP contribution in [0.4, 0.5) is 0 Å². The van der Waals surface area contributed by atoms with Crippen LogP contribution in [0.3, 0.4) is 0 Å². The van der Waals surface area contributed by atoms with Gasteiger partial charge in [0, 0.05) is 19.1 Å². The molecule has 1 fully saturated rings. The fraction of sp³-hybridized carbons (Fsp3) is 0.857. The van der Waals surface area contributed by atoms with Crippen molar-refractivity contribution in [2.45, 2.75) is 58.5 Å². The summed E-state index contributed by atoms with van der Waals surface area (Å²) in [5.41, 5.74) is 0. The summed E-state index contributed by atoms with van der Waals surface area (Å²) in [5, 5.41) is 13.0. The normalized spacial score (nSPS) is 20.5. The van der Waals surface area contributed by atoms with Crippen molar-refractivity contribution in [1.29, 1.82) is 0 Å². The Morgan fingerprint density at radius 1 is 1.47 bits per heavy atom. The van der Waals surface area contributed by atoms with Gasteiger partial charge >= 0.3 is 0 Å². The Hall–Kier alpha value is -0.940. The highest BCUT2D eigenvalue weighted by molar-refractivity contribution is 4.90. The zero-order valence-corrected chi connectivity index (χ0v) is 12.0. The highest BCUT2D eigenvalue weighted by atomic mass is 16.5. The van der Waals surface area contributed by atoms with Crippen LogP contribution in [-0.2, 0) is 13.0 Å². The Morgan fingerprint density at radius 3 is 3.05 bits per heavy atom. The minimum atomic E-state index is 0.283. The van der Waals surface area contributed by atoms with E-state index in [-0.39, 0.29) is 6.61 Å². The van der Waals surface area contributed by atoms with Crippen molar-refractivity contribution in [3.63, 3.8) is 0 Å². The Morgan fingerprint density at radius 2 is 2.32 bits per heavy atom. The second-order valence-corrected chi connectivity index (χ2v) is 5.83. The van der Waals surface area contributed by atoms with Crippen LogP contribution in [0.15, 0.2) is 4.52 Å². The largest absolute Gasteiger partial charge is 0.396 e. The predicted molar refractivity (Wildman–Crippen MR) is 72.6 cm³/mol. The summed E-state index contributed by atoms with van der Waals surface area (Å²) in [7, 11) is 0. The number of aliphatic hydroxyl groups is 1. The van der Waals surface area contributed by atoms with E-state index in [1.54, 1.807) is 0 Å². The lowest BCUT2D eigenvalue weighted by atomic mass is 10.1. The Balaban J connectivity index is 1.87. The van der Waals surface area contributed by atoms with Gasteiger partial charge in [0.05, 0.1) is 6.54 Å². The van der Waals surface area contributed by atoms with E-state index >= 15 is 0 Å². The second-order valence-electron chi connectivity index (χ2n) is 5.83. The Bertz CT molecular complexity index is 379. The van der Waals surface area contributed by atoms with Crippen molar-refractivity contribution >= 4 is 0 Å². The number of nitrogens with zero attached hydrogens (tertiary/aromatic N) is 3. The number of hydrogen-bond donors (Lipinski definition) is 1. The SMILES string of the molecule is CC(C)Cc1nc(CN2CCCC2CCCO)no1. The van der Waals surface area contributed by atoms with Crippen molar-refractivity contribution in [1.82, 2.24) is 15.0 Å². The Kier molecular flexibility index (Phi) is 5.34. The number of aliphatic hydroxyl groups excluding tert-OH is 1. The smallest absolute Gasteiger partial charge is 0.226 e. The molecule has 0 radical (unpaired) electrons. The maximum Gasteiger partial charge on any atom is 0.226 e. The van der Waals surface area contributed by atoms with Crippen LogP contribution in [0.25, 0.3) is 0 Å². The molecule has 0 saturated carbocycles. The quantitative estimate of drug-likeness (QED) is 0.818. The average molecular weight is 267 g/mol. The van der Waals surface area contributed by atoms with E-state index in [0.717, 1.165) is 44.1 Å². The molecule has 1 aliphatic heterocycles. The number of hydrogen-bond acceptors (Lipinski definition) is 5. The molecule has 0 spiro atoms. The van der Waals surface area contributed by atoms with Gasteiger partial charge in [0.15, 0.2) is 5.82 Å². The highest BCUT2D eigenvalue weighted by Crippen LogP contribution is 2.22. The fourth-order valence-corrected chi connectivity index (χ4v) is 2.73. The maximum absolute atomic E-state index is 8.93. The molecule has 0 amide bonds. The minimum absolute atomic E-state index is 0.283. The zero-order valence-electron chi connectivity index (χ0n) is 12.0. The summed E-state index contributed by atoms with van der Waals surface area (Å²) in [6.07, 6.45) is 5.24. The Labute approximate surface area is 115 Å². The molecule has 2 rings (SSSR count). The van der Waals surface area contributed by atoms with Gasteiger partial charge in [-0.3, -0.25) is 4.90 Å². The first kappa shape index (κ1) is 14.5. The molecular formula is C14H25N3O2. The first-order chi connectivity index (χ1) is 9.19. The topological polar surface area (TPSA) is 62.4 Å². The van der Waals surface area contributed by atoms with E-state index in [4.69, 9.17) is 9.63 Å². The van der Waals surface area contributed by atoms with Gasteiger partial charge in [0.1, 0.15) is 0 Å². The van der Waals surface area contributed by atoms with Crippen LogP contribution in [-0.4, -0.2) is 39.3 Å². The van der Waals surface area contributed by atoms with Crippen LogP contribution in [0, 0.1) is 5.92 Å². The summed E-state index contributed by atoms with van der Waals surface area (Å²) in [6.45, 7) is 6.46. The summed E-state index contributed by atoms with van der Waals surface area (Å²) < 4.78 is 5.27. The summed E-state index contributed by atoms with van der Waals surface area (Å²) in [4.78, 5) is 6.88. The molecule has 1 saturated heterocycles. The molecule has 1 unspecified atom stereocenters. The van der Waals surface area contributed by atoms with Crippen LogP contribution in [0.1, 0.15) is 51.2 Å². The van der Waals surface area contributed by atoms with E-state index in [0.29, 0.717) is 12.0 Å². The zero-order chi connectivity index (χ0) is 13.7. The van der Waals surface area contributed by atoms with E-state index in [2.05, 4.69) is 28.9 Å². The summed E-state index contributed by atoms with van der Waals surface area (Å²) >= 11 is 0. The lowest BCUT2D eigenvalue weighted by Gasteiger charge is -2.22. The molecular weight excluding hydrogens is 242 g/mol. The molecule has 0 aliphatic carbocycles. The van der Waals surface area contributed by atoms with Crippen molar-refractivity contribution in [3.8, 4) is 0 Å². The molecule has 19 heavy (non-hydrogen) atoms. The lowest BCUT2D eigenvalue weighted by molar-refractivity contribution is 0.204. The van der Waals surface area contributed by atoms with E-state index in [1.807, 2.05) is 0 Å². The van der Waals surface area contributed by atoms with Gasteiger partial charge in [-0.05, 0) is 38.1 Å². The van der Waals surface area contributed by atoms with Crippen molar-refractivity contribution in [2.24, 2.45) is 5.92 Å². The first-order valence-electron chi connectivity index (χ1n) is 7.35. The van der Waals surface area contributed by atoms with Crippen LogP contribution in [0.5, 0.6) is 0 Å². The molecule has 0 aromatic carbocycles. The second kappa shape index (κ2) is 7.01. The van der Waals surface area contributed by atoms with Crippen LogP contribution < -0.4 is 0 Å². The van der Waals surface area contributed by atoms with E-state index in [1.165, 1.54) is 12.8 Å². The highest BCUT2D eigenvalue weighted by Gasteiger charge is 2.25. The molecule has 2 heterocycles. The van der Waals surface area contributed by atoms with Gasteiger partial charge in [-0.15, -0.1) is 0 Å². The van der Waals surface area contributed by atoms with E-state index in [9.17, 15) is 0 Å². The van der Waals surface area contributed by atoms with Gasteiger partial charge < -0.3 is 9.63 Å². The van der Waals surface area contributed by atoms with Gasteiger partial charge in [-0.25, -0.2) is 0 Å². The number of likely N-dealkylation sites (tertiary alicyclic amines) is 1. The van der Waals surface area contributed by atoms with Crippen LogP contribution >= 0.6 is 0 Å². The molecule has 1 aliphatic rings. The molecule has 5 nitrogen and oxygen atoms in total. The standard InChI is InChI=1S/C14H25N3O2/c1-11(2)9-14-15-13(16-19-14)10-17-7-3-5-12(17)6-4-8-18/h11-12,18H,3-10H2,1-2H3. The molecule has 5 heteroatoms. The van der Waals surface area contributed by atoms with Crippen molar-refractivity contribution < 1.29 is 9.63 Å². The summed E-state index contributed by atoms with van der Waals surface area (Å²) in [5.74, 6) is 2.08. The molecule has 1 atom stereocenters. The third-order valence-corrected chi connectivity index (χ3v) is 3.63. The fourth-order valence-electron chi connectivity index (χ4n) is 2.73. The monoisotopic (exact) mass is 267 g/mol. The first-order valence-corrected chi connectivity index (χ1v) is 7.35. The van der Waals surface area contributed by atoms with Gasteiger partial charge in [-0.1, -0.05) is 19.0 Å². The predicted octanol–water partition coefficient (Wildman–Crippen LogP) is 2.01. The lowest BCUT2D eigenvalue weighted by Crippen LogP contribution is -2.29. The van der Waals surface area contributed by atoms with Gasteiger partial charge in [0.2, 0.25) is 5.89 Å².